The van der Waals surface area contributed by atoms with Gasteiger partial charge in [0.15, 0.2) is 11.5 Å². The number of hydrogen-bond acceptors (Lipinski definition) is 8. The van der Waals surface area contributed by atoms with E-state index in [9.17, 15) is 9.59 Å². The molecule has 9 heteroatoms. The first-order chi connectivity index (χ1) is 13.6. The second kappa shape index (κ2) is 7.43. The summed E-state index contributed by atoms with van der Waals surface area (Å²) in [6, 6.07) is 5.42. The van der Waals surface area contributed by atoms with Crippen LogP contribution in [0.4, 0.5) is 0 Å². The van der Waals surface area contributed by atoms with Crippen LogP contribution in [0.1, 0.15) is 27.7 Å². The van der Waals surface area contributed by atoms with Gasteiger partial charge in [0.25, 0.3) is 5.56 Å². The summed E-state index contributed by atoms with van der Waals surface area (Å²) < 4.78 is 17.2. The number of thiophene rings is 1. The predicted octanol–water partition coefficient (Wildman–Crippen LogP) is 2.60. The molecule has 4 rings (SSSR count). The van der Waals surface area contributed by atoms with Crippen LogP contribution in [0.15, 0.2) is 34.4 Å². The van der Waals surface area contributed by atoms with E-state index >= 15 is 0 Å². The van der Waals surface area contributed by atoms with Gasteiger partial charge in [0.2, 0.25) is 0 Å². The summed E-state index contributed by atoms with van der Waals surface area (Å²) in [5, 5.41) is 4.59. The smallest absolute Gasteiger partial charge is 0.348 e. The third kappa shape index (κ3) is 3.24. The molecule has 0 aliphatic carbocycles. The van der Waals surface area contributed by atoms with Crippen molar-refractivity contribution < 1.29 is 19.0 Å². The number of esters is 1. The molecular formula is C19H17N3O5S. The molecular weight excluding hydrogens is 382 g/mol. The van der Waals surface area contributed by atoms with Crippen molar-refractivity contribution >= 4 is 33.7 Å². The summed E-state index contributed by atoms with van der Waals surface area (Å²) in [5.74, 6) is 0.877. The van der Waals surface area contributed by atoms with E-state index in [0.29, 0.717) is 45.4 Å². The molecule has 0 N–H and O–H groups in total. The first-order valence-corrected chi connectivity index (χ1v) is 9.52. The van der Waals surface area contributed by atoms with Gasteiger partial charge in [-0.2, -0.15) is 9.78 Å². The molecule has 28 heavy (non-hydrogen) atoms. The van der Waals surface area contributed by atoms with Crippen molar-refractivity contribution in [3.63, 3.8) is 0 Å². The molecule has 0 amide bonds. The highest BCUT2D eigenvalue weighted by Gasteiger charge is 2.20. The Kier molecular flexibility index (Phi) is 4.82. The third-order valence-electron chi connectivity index (χ3n) is 4.19. The lowest BCUT2D eigenvalue weighted by Gasteiger charge is -2.18. The van der Waals surface area contributed by atoms with Gasteiger partial charge in [-0.05, 0) is 43.2 Å². The minimum atomic E-state index is -0.450. The van der Waals surface area contributed by atoms with Crippen molar-refractivity contribution in [2.45, 2.75) is 13.8 Å². The normalized spacial score (nSPS) is 13.2. The second-order valence-corrected chi connectivity index (χ2v) is 7.00. The van der Waals surface area contributed by atoms with Crippen LogP contribution >= 0.6 is 11.3 Å². The number of ether oxygens (including phenoxy) is 3. The lowest BCUT2D eigenvalue weighted by atomic mass is 10.2. The van der Waals surface area contributed by atoms with Crippen molar-refractivity contribution in [1.82, 2.24) is 9.66 Å². The number of carbonyl (C=O) groups is 1. The Bertz CT molecular complexity index is 1150. The Morgan fingerprint density at radius 3 is 2.93 bits per heavy atom. The lowest BCUT2D eigenvalue weighted by molar-refractivity contribution is 0.0531. The SMILES string of the molecule is CCOC(=O)c1sc2ncn(/N=C\c3ccc4c(c3)OCCO4)c(=O)c2c1C. The van der Waals surface area contributed by atoms with Gasteiger partial charge in [0.05, 0.1) is 18.2 Å². The van der Waals surface area contributed by atoms with Gasteiger partial charge in [-0.25, -0.2) is 9.78 Å². The summed E-state index contributed by atoms with van der Waals surface area (Å²) in [6.45, 7) is 4.73. The Balaban J connectivity index is 1.69. The summed E-state index contributed by atoms with van der Waals surface area (Å²) >= 11 is 1.14. The fourth-order valence-corrected chi connectivity index (χ4v) is 3.89. The number of carbonyl (C=O) groups excluding carboxylic acids is 1. The van der Waals surface area contributed by atoms with Gasteiger partial charge in [0.1, 0.15) is 29.2 Å². The molecule has 0 unspecified atom stereocenters. The van der Waals surface area contributed by atoms with E-state index in [4.69, 9.17) is 14.2 Å². The molecule has 0 saturated heterocycles. The third-order valence-corrected chi connectivity index (χ3v) is 5.37. The first kappa shape index (κ1) is 18.2. The molecule has 1 aliphatic rings. The molecule has 3 heterocycles. The molecule has 0 saturated carbocycles. The minimum Gasteiger partial charge on any atom is -0.486 e. The van der Waals surface area contributed by atoms with Gasteiger partial charge in [-0.3, -0.25) is 4.79 Å². The van der Waals surface area contributed by atoms with Gasteiger partial charge in [-0.15, -0.1) is 11.3 Å². The molecule has 0 bridgehead atoms. The molecule has 0 spiro atoms. The average Bonchev–Trinajstić information content (AvgIpc) is 3.05. The summed E-state index contributed by atoms with van der Waals surface area (Å²) in [6.07, 6.45) is 2.88. The highest BCUT2D eigenvalue weighted by molar-refractivity contribution is 7.20. The van der Waals surface area contributed by atoms with Crippen molar-refractivity contribution in [2.75, 3.05) is 19.8 Å². The summed E-state index contributed by atoms with van der Waals surface area (Å²) in [7, 11) is 0. The minimum absolute atomic E-state index is 0.268. The summed E-state index contributed by atoms with van der Waals surface area (Å²) in [5.41, 5.74) is 0.966. The van der Waals surface area contributed by atoms with Crippen LogP contribution in [0.3, 0.4) is 0 Å². The fourth-order valence-electron chi connectivity index (χ4n) is 2.86. The van der Waals surface area contributed by atoms with E-state index in [1.54, 1.807) is 32.2 Å². The number of nitrogens with zero attached hydrogens (tertiary/aromatic N) is 3. The number of aryl methyl sites for hydroxylation is 1. The maximum atomic E-state index is 12.8. The van der Waals surface area contributed by atoms with Crippen molar-refractivity contribution in [3.8, 4) is 11.5 Å². The van der Waals surface area contributed by atoms with Crippen LogP contribution in [0.5, 0.6) is 11.5 Å². The van der Waals surface area contributed by atoms with Crippen LogP contribution in [0.25, 0.3) is 10.2 Å². The van der Waals surface area contributed by atoms with Crippen LogP contribution < -0.4 is 15.0 Å². The number of rotatable bonds is 4. The molecule has 0 radical (unpaired) electrons. The largest absolute Gasteiger partial charge is 0.486 e. The lowest BCUT2D eigenvalue weighted by Crippen LogP contribution is -2.17. The summed E-state index contributed by atoms with van der Waals surface area (Å²) in [4.78, 5) is 30.0. The highest BCUT2D eigenvalue weighted by Crippen LogP contribution is 2.30. The Hall–Kier alpha value is -3.20. The van der Waals surface area contributed by atoms with Crippen LogP contribution in [-0.2, 0) is 4.74 Å². The molecule has 8 nitrogen and oxygen atoms in total. The maximum Gasteiger partial charge on any atom is 0.348 e. The molecule has 1 aromatic carbocycles. The van der Waals surface area contributed by atoms with Crippen LogP contribution in [0, 0.1) is 6.92 Å². The molecule has 1 aliphatic heterocycles. The number of hydrogen-bond donors (Lipinski definition) is 0. The highest BCUT2D eigenvalue weighted by atomic mass is 32.1. The average molecular weight is 399 g/mol. The first-order valence-electron chi connectivity index (χ1n) is 8.70. The van der Waals surface area contributed by atoms with E-state index in [2.05, 4.69) is 10.1 Å². The maximum absolute atomic E-state index is 12.8. The molecule has 144 valence electrons. The van der Waals surface area contributed by atoms with E-state index in [0.717, 1.165) is 21.6 Å². The molecule has 0 atom stereocenters. The van der Waals surface area contributed by atoms with Crippen LogP contribution in [-0.4, -0.2) is 41.7 Å². The van der Waals surface area contributed by atoms with Crippen molar-refractivity contribution in [2.24, 2.45) is 5.10 Å². The monoisotopic (exact) mass is 399 g/mol. The Labute approximate surface area is 164 Å². The number of fused-ring (bicyclic) bond motifs is 2. The van der Waals surface area contributed by atoms with Crippen molar-refractivity contribution in [3.05, 3.63) is 50.9 Å². The zero-order valence-electron chi connectivity index (χ0n) is 15.3. The molecule has 2 aromatic heterocycles. The van der Waals surface area contributed by atoms with E-state index in [-0.39, 0.29) is 12.2 Å². The Morgan fingerprint density at radius 2 is 2.14 bits per heavy atom. The standard InChI is InChI=1S/C19H17N3O5S/c1-3-25-19(24)16-11(2)15-17(28-16)20-10-22(18(15)23)21-9-12-4-5-13-14(8-12)27-7-6-26-13/h4-5,8-10H,3,6-7H2,1-2H3/b21-9-. The number of aromatic nitrogens is 2. The predicted molar refractivity (Wildman–Crippen MR) is 105 cm³/mol. The van der Waals surface area contributed by atoms with Gasteiger partial charge < -0.3 is 14.2 Å². The number of benzene rings is 1. The van der Waals surface area contributed by atoms with E-state index in [1.165, 1.54) is 6.33 Å². The quantitative estimate of drug-likeness (QED) is 0.495. The fraction of sp³-hybridized carbons (Fsp3) is 0.263. The zero-order valence-corrected chi connectivity index (χ0v) is 16.1. The molecule has 3 aromatic rings. The van der Waals surface area contributed by atoms with Gasteiger partial charge >= 0.3 is 5.97 Å². The zero-order chi connectivity index (χ0) is 19.7. The van der Waals surface area contributed by atoms with Gasteiger partial charge in [-0.1, -0.05) is 0 Å². The van der Waals surface area contributed by atoms with E-state index < -0.39 is 5.97 Å². The topological polar surface area (TPSA) is 92.0 Å². The van der Waals surface area contributed by atoms with E-state index in [1.807, 2.05) is 6.07 Å². The Morgan fingerprint density at radius 1 is 1.36 bits per heavy atom. The second-order valence-electron chi connectivity index (χ2n) is 6.00. The van der Waals surface area contributed by atoms with Crippen LogP contribution in [0.2, 0.25) is 0 Å². The van der Waals surface area contributed by atoms with Gasteiger partial charge in [0, 0.05) is 0 Å². The molecule has 0 fully saturated rings. The van der Waals surface area contributed by atoms with Crippen molar-refractivity contribution in [1.29, 1.82) is 0 Å².